The fraction of sp³-hybridized carbons (Fsp3) is 0.412. The predicted molar refractivity (Wildman–Crippen MR) is 96.5 cm³/mol. The molecule has 0 fully saturated rings. The summed E-state index contributed by atoms with van der Waals surface area (Å²) in [7, 11) is 1.58. The fourth-order valence-electron chi connectivity index (χ4n) is 2.54. The van der Waals surface area contributed by atoms with E-state index < -0.39 is 17.4 Å². The predicted octanol–water partition coefficient (Wildman–Crippen LogP) is 2.42. The first kappa shape index (κ1) is 18.9. The Labute approximate surface area is 151 Å². The van der Waals surface area contributed by atoms with Crippen molar-refractivity contribution in [2.75, 3.05) is 12.1 Å². The average Bonchev–Trinajstić information content (AvgIpc) is 2.87. The zero-order valence-corrected chi connectivity index (χ0v) is 15.5. The topological polar surface area (TPSA) is 80.4 Å². The number of aliphatic carboxylic acids is 1. The van der Waals surface area contributed by atoms with E-state index in [-0.39, 0.29) is 17.1 Å². The molecule has 0 aliphatic heterocycles. The number of hydrogen-bond donors (Lipinski definition) is 1. The molecular weight excluding hydrogens is 340 g/mol. The molecule has 8 heteroatoms. The average molecular weight is 362 g/mol. The number of benzene rings is 1. The van der Waals surface area contributed by atoms with E-state index in [0.29, 0.717) is 0 Å². The van der Waals surface area contributed by atoms with E-state index in [4.69, 9.17) is 12.2 Å². The molecule has 0 spiro atoms. The highest BCUT2D eigenvalue weighted by Crippen LogP contribution is 2.30. The van der Waals surface area contributed by atoms with E-state index in [1.54, 1.807) is 27.8 Å². The highest BCUT2D eigenvalue weighted by molar-refractivity contribution is 7.71. The molecule has 2 aromatic rings. The molecule has 7 nitrogen and oxygen atoms in total. The molecule has 134 valence electrons. The van der Waals surface area contributed by atoms with Crippen molar-refractivity contribution in [3.05, 3.63) is 47.0 Å². The minimum atomic E-state index is -1.02. The van der Waals surface area contributed by atoms with Gasteiger partial charge in [-0.15, -0.1) is 0 Å². The van der Waals surface area contributed by atoms with Gasteiger partial charge in [-0.25, -0.2) is 19.2 Å². The van der Waals surface area contributed by atoms with Gasteiger partial charge in [0.05, 0.1) is 6.42 Å². The number of nitrogens with zero attached hydrogens (tertiary/aromatic N) is 4. The molecule has 0 saturated carbocycles. The monoisotopic (exact) mass is 362 g/mol. The Morgan fingerprint density at radius 3 is 2.40 bits per heavy atom. The maximum Gasteiger partial charge on any atom is 0.329 e. The molecular formula is C17H22N4O3S. The summed E-state index contributed by atoms with van der Waals surface area (Å²) in [6, 6.07) is 8.43. The van der Waals surface area contributed by atoms with Crippen LogP contribution in [0.15, 0.2) is 36.7 Å². The lowest BCUT2D eigenvalue weighted by Crippen LogP contribution is -2.38. The number of carbonyl (C=O) groups is 2. The third-order valence-corrected chi connectivity index (χ3v) is 4.23. The Kier molecular flexibility index (Phi) is 5.42. The van der Waals surface area contributed by atoms with Crippen LogP contribution in [0.5, 0.6) is 0 Å². The van der Waals surface area contributed by atoms with Crippen LogP contribution < -0.4 is 5.01 Å². The van der Waals surface area contributed by atoms with Crippen LogP contribution in [0.2, 0.25) is 0 Å². The number of carboxylic acids is 1. The van der Waals surface area contributed by atoms with Crippen molar-refractivity contribution in [2.45, 2.75) is 33.2 Å². The van der Waals surface area contributed by atoms with Gasteiger partial charge >= 0.3 is 5.97 Å². The first-order chi connectivity index (χ1) is 11.6. The van der Waals surface area contributed by atoms with E-state index in [1.807, 2.05) is 30.3 Å². The number of rotatable bonds is 5. The quantitative estimate of drug-likeness (QED) is 0.826. The molecule has 1 unspecified atom stereocenters. The second-order valence-corrected chi connectivity index (χ2v) is 7.25. The molecule has 1 aromatic heterocycles. The molecule has 0 saturated heterocycles. The third-order valence-electron chi connectivity index (χ3n) is 3.86. The van der Waals surface area contributed by atoms with Crippen LogP contribution in [0.1, 0.15) is 32.4 Å². The second kappa shape index (κ2) is 7.18. The highest BCUT2D eigenvalue weighted by atomic mass is 32.1. The lowest BCUT2D eigenvalue weighted by molar-refractivity contribution is -0.144. The molecule has 0 bridgehead atoms. The van der Waals surface area contributed by atoms with E-state index in [0.717, 1.165) is 5.56 Å². The van der Waals surface area contributed by atoms with Gasteiger partial charge in [-0.05, 0) is 23.2 Å². The van der Waals surface area contributed by atoms with Crippen molar-refractivity contribution in [3.63, 3.8) is 0 Å². The molecule has 2 rings (SSSR count). The minimum Gasteiger partial charge on any atom is -0.480 e. The van der Waals surface area contributed by atoms with Gasteiger partial charge in [0.15, 0.2) is 6.04 Å². The Bertz CT molecular complexity index is 820. The Balaban J connectivity index is 2.29. The summed E-state index contributed by atoms with van der Waals surface area (Å²) in [5.41, 5.74) is 0.298. The van der Waals surface area contributed by atoms with Crippen LogP contribution in [0.4, 0.5) is 0 Å². The van der Waals surface area contributed by atoms with Crippen molar-refractivity contribution < 1.29 is 14.7 Å². The lowest BCUT2D eigenvalue weighted by Gasteiger charge is -2.27. The van der Waals surface area contributed by atoms with Gasteiger partial charge in [0.2, 0.25) is 10.7 Å². The minimum absolute atomic E-state index is 0.159. The third kappa shape index (κ3) is 4.14. The summed E-state index contributed by atoms with van der Waals surface area (Å²) in [5, 5.41) is 15.0. The molecule has 1 atom stereocenters. The largest absolute Gasteiger partial charge is 0.480 e. The number of aromatic nitrogens is 3. The van der Waals surface area contributed by atoms with E-state index >= 15 is 0 Å². The molecule has 1 N–H and O–H groups in total. The van der Waals surface area contributed by atoms with E-state index in [1.165, 1.54) is 20.7 Å². The van der Waals surface area contributed by atoms with Crippen molar-refractivity contribution in [1.29, 1.82) is 0 Å². The van der Waals surface area contributed by atoms with Crippen LogP contribution >= 0.6 is 12.2 Å². The van der Waals surface area contributed by atoms with Crippen molar-refractivity contribution in [1.82, 2.24) is 14.5 Å². The Hall–Kier alpha value is -2.48. The number of amides is 1. The van der Waals surface area contributed by atoms with Gasteiger partial charge in [0.1, 0.15) is 6.33 Å². The first-order valence-corrected chi connectivity index (χ1v) is 8.23. The highest BCUT2D eigenvalue weighted by Gasteiger charge is 2.35. The molecule has 25 heavy (non-hydrogen) atoms. The summed E-state index contributed by atoms with van der Waals surface area (Å²) >= 11 is 5.36. The van der Waals surface area contributed by atoms with Gasteiger partial charge in [-0.2, -0.15) is 5.10 Å². The molecule has 0 radical (unpaired) electrons. The van der Waals surface area contributed by atoms with Crippen LogP contribution in [-0.2, 0) is 16.0 Å². The zero-order valence-electron chi connectivity index (χ0n) is 14.7. The molecule has 0 aliphatic carbocycles. The molecule has 1 amide bonds. The maximum absolute atomic E-state index is 12.5. The summed E-state index contributed by atoms with van der Waals surface area (Å²) in [5.74, 6) is -1.20. The summed E-state index contributed by atoms with van der Waals surface area (Å²) in [6.07, 6.45) is 1.58. The summed E-state index contributed by atoms with van der Waals surface area (Å²) < 4.78 is 2.82. The van der Waals surface area contributed by atoms with Gasteiger partial charge in [-0.1, -0.05) is 51.1 Å². The number of likely N-dealkylation sites (N-methyl/N-ethyl adjacent to an activating group) is 1. The summed E-state index contributed by atoms with van der Waals surface area (Å²) in [4.78, 5) is 24.1. The van der Waals surface area contributed by atoms with Crippen LogP contribution in [0.25, 0.3) is 0 Å². The Morgan fingerprint density at radius 2 is 1.88 bits per heavy atom. The first-order valence-electron chi connectivity index (χ1n) is 7.82. The number of hydrogen-bond acceptors (Lipinski definition) is 4. The van der Waals surface area contributed by atoms with Crippen LogP contribution in [0, 0.1) is 10.2 Å². The van der Waals surface area contributed by atoms with Gasteiger partial charge in [-0.3, -0.25) is 4.79 Å². The van der Waals surface area contributed by atoms with Crippen molar-refractivity contribution >= 4 is 24.1 Å². The zero-order chi connectivity index (χ0) is 18.8. The maximum atomic E-state index is 12.5. The normalized spacial score (nSPS) is 12.6. The van der Waals surface area contributed by atoms with Crippen LogP contribution in [-0.4, -0.2) is 38.5 Å². The standard InChI is InChI=1S/C17H22N4O3S/c1-17(2,3)14(15(23)24)21-16(25)20(11-18-21)19(4)13(22)10-12-8-6-5-7-9-12/h5-9,11,14H,10H2,1-4H3,(H,23,24). The fourth-order valence-corrected chi connectivity index (χ4v) is 2.86. The van der Waals surface area contributed by atoms with Crippen molar-refractivity contribution in [3.8, 4) is 0 Å². The second-order valence-electron chi connectivity index (χ2n) is 6.89. The molecule has 0 aliphatic rings. The van der Waals surface area contributed by atoms with Gasteiger partial charge < -0.3 is 5.11 Å². The van der Waals surface area contributed by atoms with E-state index in [2.05, 4.69) is 5.10 Å². The van der Waals surface area contributed by atoms with Gasteiger partial charge in [0.25, 0.3) is 0 Å². The number of carbonyl (C=O) groups excluding carboxylic acids is 1. The van der Waals surface area contributed by atoms with Crippen molar-refractivity contribution in [2.24, 2.45) is 5.41 Å². The van der Waals surface area contributed by atoms with Gasteiger partial charge in [0, 0.05) is 7.05 Å². The molecule has 1 heterocycles. The Morgan fingerprint density at radius 1 is 1.28 bits per heavy atom. The summed E-state index contributed by atoms with van der Waals surface area (Å²) in [6.45, 7) is 5.41. The SMILES string of the molecule is CN(C(=O)Cc1ccccc1)n1cnn(C(C(=O)O)C(C)(C)C)c1=S. The number of carboxylic acid groups (broad SMARTS) is 1. The molecule has 1 aromatic carbocycles. The van der Waals surface area contributed by atoms with E-state index in [9.17, 15) is 14.7 Å². The van der Waals surface area contributed by atoms with Crippen LogP contribution in [0.3, 0.4) is 0 Å². The lowest BCUT2D eigenvalue weighted by atomic mass is 9.87. The smallest absolute Gasteiger partial charge is 0.329 e.